The molecule has 0 bridgehead atoms. The summed E-state index contributed by atoms with van der Waals surface area (Å²) in [6.45, 7) is 1.68. The van der Waals surface area contributed by atoms with Gasteiger partial charge < -0.3 is 48.5 Å². The van der Waals surface area contributed by atoms with Crippen LogP contribution in [0.2, 0.25) is 10.0 Å². The summed E-state index contributed by atoms with van der Waals surface area (Å²) >= 11 is 12.0. The predicted molar refractivity (Wildman–Crippen MR) is 222 cm³/mol. The molecule has 6 aromatic rings. The van der Waals surface area contributed by atoms with Crippen LogP contribution in [0.4, 0.5) is 26.3 Å². The Balaban J connectivity index is 0.000000350. The molecule has 2 aromatic heterocycles. The number of phosphoric ester groups is 2. The first kappa shape index (κ1) is 58.7. The van der Waals surface area contributed by atoms with E-state index in [4.69, 9.17) is 52.2 Å². The van der Waals surface area contributed by atoms with Crippen molar-refractivity contribution in [2.24, 2.45) is 0 Å². The van der Waals surface area contributed by atoms with Crippen molar-refractivity contribution in [3.8, 4) is 56.8 Å². The molecule has 0 atom stereocenters. The van der Waals surface area contributed by atoms with E-state index in [1.807, 2.05) is 0 Å². The molecule has 16 nitrogen and oxygen atoms in total. The normalized spacial score (nSPS) is 11.6. The minimum absolute atomic E-state index is 0. The summed E-state index contributed by atoms with van der Waals surface area (Å²) in [6.07, 6.45) is -9.61. The molecule has 352 valence electrons. The van der Waals surface area contributed by atoms with E-state index in [1.165, 1.54) is 86.6 Å². The summed E-state index contributed by atoms with van der Waals surface area (Å²) in [7, 11) is -9.63. The molecule has 0 unspecified atom stereocenters. The van der Waals surface area contributed by atoms with Crippen molar-refractivity contribution in [3.05, 3.63) is 150 Å². The maximum absolute atomic E-state index is 12.7. The topological polar surface area (TPSA) is 233 Å². The molecular weight excluding hydrogens is 1030 g/mol. The Labute approximate surface area is 434 Å². The van der Waals surface area contributed by atoms with Crippen molar-refractivity contribution in [1.29, 1.82) is 0 Å². The molecule has 0 spiro atoms. The van der Waals surface area contributed by atoms with Crippen molar-refractivity contribution in [3.63, 3.8) is 0 Å². The van der Waals surface area contributed by atoms with Gasteiger partial charge in [-0.25, -0.2) is 9.13 Å². The van der Waals surface area contributed by atoms with E-state index in [0.717, 1.165) is 24.3 Å². The Kier molecular flexibility index (Phi) is 21.1. The van der Waals surface area contributed by atoms with E-state index in [0.29, 0.717) is 22.6 Å². The number of pyridine rings is 2. The quantitative estimate of drug-likeness (QED) is 0.0689. The smallest absolute Gasteiger partial charge is 0.661 e. The van der Waals surface area contributed by atoms with Gasteiger partial charge >= 0.3 is 87.5 Å². The molecule has 0 saturated heterocycles. The second-order valence-corrected chi connectivity index (χ2v) is 16.4. The van der Waals surface area contributed by atoms with Crippen LogP contribution >= 0.6 is 38.8 Å². The Morgan fingerprint density at radius 3 is 1.00 bits per heavy atom. The van der Waals surface area contributed by atoms with Gasteiger partial charge in [-0.2, -0.15) is 0 Å². The van der Waals surface area contributed by atoms with Crippen molar-refractivity contribution < 1.29 is 142 Å². The van der Waals surface area contributed by atoms with Crippen molar-refractivity contribution >= 4 is 38.8 Å². The number of hydrogen-bond donors (Lipinski definition) is 4. The molecular formula is C40H30Cl2F6N2Na2O14P2. The van der Waals surface area contributed by atoms with Gasteiger partial charge in [-0.05, 0) is 83.9 Å². The SMILES string of the molecule is Cc1[n-]c(COP(=O)(O)O)c(-c2ccc(Oc3ccc(OC(F)(F)F)cc3)cc2)c(=O)c1Cl.Cc1[n-]c(COP(=O)(O)O)c(-c2ccc(Oc3ccc(OC(F)(F)F)cc3)cc2)c(=O)c1Cl.[Na+].[Na+]. The summed E-state index contributed by atoms with van der Waals surface area (Å²) < 4.78 is 123. The Hall–Kier alpha value is -3.64. The van der Waals surface area contributed by atoms with Gasteiger partial charge in [0.25, 0.3) is 0 Å². The summed E-state index contributed by atoms with van der Waals surface area (Å²) in [4.78, 5) is 69.5. The van der Waals surface area contributed by atoms with Crippen molar-refractivity contribution in [2.75, 3.05) is 0 Å². The monoisotopic (exact) mass is 1050 g/mol. The third-order valence-electron chi connectivity index (χ3n) is 8.28. The van der Waals surface area contributed by atoms with Crippen LogP contribution < -0.4 is 98.9 Å². The largest absolute Gasteiger partial charge is 1.00 e. The predicted octanol–water partition coefficient (Wildman–Crippen LogP) is 3.87. The number of aryl methyl sites for hydroxylation is 2. The molecule has 0 aliphatic rings. The number of hydrogen-bond acceptors (Lipinski definition) is 10. The molecule has 4 N–H and O–H groups in total. The molecule has 28 heteroatoms. The molecule has 2 heterocycles. The average molecular weight is 1060 g/mol. The van der Waals surface area contributed by atoms with Gasteiger partial charge in [0.1, 0.15) is 34.5 Å². The van der Waals surface area contributed by atoms with Crippen molar-refractivity contribution in [2.45, 2.75) is 39.8 Å². The summed E-state index contributed by atoms with van der Waals surface area (Å²) in [5.74, 6) is 0.267. The molecule has 0 amide bonds. The second kappa shape index (κ2) is 24.5. The van der Waals surface area contributed by atoms with E-state index in [-0.39, 0.29) is 115 Å². The molecule has 0 radical (unpaired) electrons. The molecule has 0 saturated carbocycles. The van der Waals surface area contributed by atoms with Gasteiger partial charge in [0.2, 0.25) is 10.9 Å². The zero-order valence-corrected chi connectivity index (χ0v) is 42.6. The minimum Gasteiger partial charge on any atom is -0.661 e. The number of ether oxygens (including phenoxy) is 4. The fraction of sp³-hybridized carbons (Fsp3) is 0.150. The van der Waals surface area contributed by atoms with E-state index < -0.39 is 63.9 Å². The first-order valence-corrected chi connectivity index (χ1v) is 21.9. The molecule has 0 aliphatic heterocycles. The first-order chi connectivity index (χ1) is 30.6. The molecule has 4 aromatic carbocycles. The van der Waals surface area contributed by atoms with Crippen LogP contribution in [-0.4, -0.2) is 32.3 Å². The number of nitrogens with zero attached hydrogens (tertiary/aromatic N) is 2. The maximum atomic E-state index is 12.7. The number of rotatable bonds is 14. The summed E-state index contributed by atoms with van der Waals surface area (Å²) in [5, 5.41) is -0.294. The maximum Gasteiger partial charge on any atom is 1.00 e. The summed E-state index contributed by atoms with van der Waals surface area (Å²) in [5.41, 5.74) is -0.207. The molecule has 0 fully saturated rings. The van der Waals surface area contributed by atoms with Gasteiger partial charge in [-0.1, -0.05) is 61.3 Å². The van der Waals surface area contributed by atoms with Crippen LogP contribution in [-0.2, 0) is 31.4 Å². The van der Waals surface area contributed by atoms with E-state index in [9.17, 15) is 45.1 Å². The van der Waals surface area contributed by atoms with Gasteiger partial charge in [0.15, 0.2) is 0 Å². The number of aromatic nitrogens is 2. The van der Waals surface area contributed by atoms with Gasteiger partial charge in [0.05, 0.1) is 23.3 Å². The Bertz CT molecular complexity index is 2690. The first-order valence-electron chi connectivity index (χ1n) is 18.0. The number of benzene rings is 4. The van der Waals surface area contributed by atoms with Gasteiger partial charge in [-0.3, -0.25) is 18.6 Å². The van der Waals surface area contributed by atoms with Gasteiger partial charge in [0, 0.05) is 11.1 Å². The number of halogens is 8. The van der Waals surface area contributed by atoms with Crippen LogP contribution in [0.1, 0.15) is 22.8 Å². The Morgan fingerprint density at radius 2 is 0.750 bits per heavy atom. The molecule has 68 heavy (non-hydrogen) atoms. The third-order valence-corrected chi connectivity index (χ3v) is 10.1. The molecule has 6 rings (SSSR count). The van der Waals surface area contributed by atoms with Crippen LogP contribution in [0.3, 0.4) is 0 Å². The third kappa shape index (κ3) is 18.0. The average Bonchev–Trinajstić information content (AvgIpc) is 3.21. The van der Waals surface area contributed by atoms with Crippen LogP contribution in [0.5, 0.6) is 34.5 Å². The fourth-order valence-electron chi connectivity index (χ4n) is 5.59. The van der Waals surface area contributed by atoms with E-state index >= 15 is 0 Å². The van der Waals surface area contributed by atoms with E-state index in [2.05, 4.69) is 28.5 Å². The van der Waals surface area contributed by atoms with E-state index in [1.54, 1.807) is 0 Å². The molecule has 0 aliphatic carbocycles. The minimum atomic E-state index is -4.81. The fourth-order valence-corrected chi connectivity index (χ4v) is 6.44. The second-order valence-electron chi connectivity index (χ2n) is 13.1. The Morgan fingerprint density at radius 1 is 0.500 bits per heavy atom. The zero-order chi connectivity index (χ0) is 48.8. The zero-order valence-electron chi connectivity index (χ0n) is 35.3. The van der Waals surface area contributed by atoms with Crippen LogP contribution in [0.25, 0.3) is 22.3 Å². The summed E-state index contributed by atoms with van der Waals surface area (Å²) in [6, 6.07) is 21.4. The number of alkyl halides is 6. The van der Waals surface area contributed by atoms with Crippen LogP contribution in [0, 0.1) is 13.8 Å². The van der Waals surface area contributed by atoms with Crippen LogP contribution in [0.15, 0.2) is 107 Å². The number of phosphoric acid groups is 2. The standard InChI is InChI=1S/2C20H16ClF3NO7P.2Na/c2*1-11-18(21)19(26)17(16(25-11)10-30-33(27,28)29)12-2-4-13(5-3-12)31-14-6-8-15(9-7-14)32-20(22,23)24;;/h2*2-9H,10H2,1H3,(H3,25,26,27,28,29);;/q;;2*+1/p-2. The van der Waals surface area contributed by atoms with Crippen molar-refractivity contribution in [1.82, 2.24) is 9.97 Å². The van der Waals surface area contributed by atoms with Gasteiger partial charge in [-0.15, -0.1) is 49.1 Å².